The fraction of sp³-hybridized carbons (Fsp3) is 0.172. The predicted molar refractivity (Wildman–Crippen MR) is 129 cm³/mol. The molecular weight excluding hydrogens is 362 g/mol. The number of rotatable bonds is 2. The highest BCUT2D eigenvalue weighted by Gasteiger charge is 2.36. The lowest BCUT2D eigenvalue weighted by Gasteiger charge is -2.23. The van der Waals surface area contributed by atoms with Crippen LogP contribution in [0.3, 0.4) is 0 Å². The van der Waals surface area contributed by atoms with Crippen molar-refractivity contribution in [3.05, 3.63) is 102 Å². The van der Waals surface area contributed by atoms with Crippen molar-refractivity contribution in [2.75, 3.05) is 5.32 Å². The molecule has 1 heteroatoms. The van der Waals surface area contributed by atoms with Crippen LogP contribution in [0.15, 0.2) is 91.0 Å². The van der Waals surface area contributed by atoms with E-state index in [2.05, 4.69) is 110 Å². The van der Waals surface area contributed by atoms with E-state index in [9.17, 15) is 0 Å². The second-order valence-electron chi connectivity index (χ2n) is 9.13. The third kappa shape index (κ3) is 2.62. The van der Waals surface area contributed by atoms with E-state index in [1.165, 1.54) is 49.5 Å². The minimum absolute atomic E-state index is 0.00943. The highest BCUT2D eigenvalue weighted by atomic mass is 14.9. The molecule has 1 nitrogen and oxygen atoms in total. The van der Waals surface area contributed by atoms with Gasteiger partial charge in [0.05, 0.1) is 0 Å². The summed E-state index contributed by atoms with van der Waals surface area (Å²) in [7, 11) is 0. The van der Waals surface area contributed by atoms with Gasteiger partial charge in [0.25, 0.3) is 0 Å². The number of hydrogen-bond acceptors (Lipinski definition) is 1. The quantitative estimate of drug-likeness (QED) is 0.349. The number of anilines is 1. The molecule has 0 saturated carbocycles. The fourth-order valence-corrected chi connectivity index (χ4v) is 5.16. The lowest BCUT2D eigenvalue weighted by atomic mass is 9.81. The van der Waals surface area contributed by atoms with Gasteiger partial charge in [0, 0.05) is 17.1 Å². The fourth-order valence-electron chi connectivity index (χ4n) is 5.16. The summed E-state index contributed by atoms with van der Waals surface area (Å²) in [5.41, 5.74) is 6.79. The lowest BCUT2D eigenvalue weighted by molar-refractivity contribution is 0.661. The molecule has 0 radical (unpaired) electrons. The molecule has 1 N–H and O–H groups in total. The number of hydrogen-bond donors (Lipinski definition) is 1. The van der Waals surface area contributed by atoms with Crippen LogP contribution >= 0.6 is 0 Å². The van der Waals surface area contributed by atoms with Crippen LogP contribution in [0.25, 0.3) is 32.7 Å². The Bertz CT molecular complexity index is 1370. The summed E-state index contributed by atoms with van der Waals surface area (Å²) in [5, 5.41) is 8.94. The van der Waals surface area contributed by atoms with Crippen molar-refractivity contribution in [3.8, 4) is 11.1 Å². The van der Waals surface area contributed by atoms with Gasteiger partial charge in [-0.3, -0.25) is 0 Å². The molecule has 146 valence electrons. The maximum atomic E-state index is 3.69. The van der Waals surface area contributed by atoms with E-state index in [0.717, 1.165) is 6.42 Å². The minimum atomic E-state index is -0.00943. The molecule has 1 atom stereocenters. The van der Waals surface area contributed by atoms with E-state index in [1.54, 1.807) is 0 Å². The Morgan fingerprint density at radius 1 is 0.733 bits per heavy atom. The molecule has 0 aliphatic heterocycles. The highest BCUT2D eigenvalue weighted by Crippen LogP contribution is 2.50. The molecule has 4 aromatic carbocycles. The topological polar surface area (TPSA) is 12.0 Å². The zero-order chi connectivity index (χ0) is 20.3. The van der Waals surface area contributed by atoms with Gasteiger partial charge in [-0.2, -0.15) is 0 Å². The Kier molecular flexibility index (Phi) is 3.70. The van der Waals surface area contributed by atoms with Gasteiger partial charge in [-0.25, -0.2) is 0 Å². The van der Waals surface area contributed by atoms with Crippen molar-refractivity contribution in [3.63, 3.8) is 0 Å². The van der Waals surface area contributed by atoms with Crippen molar-refractivity contribution in [2.24, 2.45) is 0 Å². The Labute approximate surface area is 177 Å². The summed E-state index contributed by atoms with van der Waals surface area (Å²) in [6.45, 7) is 4.72. The van der Waals surface area contributed by atoms with Gasteiger partial charge < -0.3 is 5.32 Å². The lowest BCUT2D eigenvalue weighted by Crippen LogP contribution is -2.18. The molecule has 2 aliphatic rings. The summed E-state index contributed by atoms with van der Waals surface area (Å²) in [5.74, 6) is 0. The van der Waals surface area contributed by atoms with E-state index in [0.29, 0.717) is 6.04 Å². The van der Waals surface area contributed by atoms with E-state index >= 15 is 0 Å². The zero-order valence-corrected chi connectivity index (χ0v) is 17.4. The standard InChI is InChI=1S/C29H25N/c1-29(2)27-17-22-15-20-9-7-6-8-19(20)14-21(22)16-26(27)25-13-12-24(18-28(25)29)30-23-10-4-3-5-11-23/h3-10,12-18,23,30H,11H2,1-2H3. The van der Waals surface area contributed by atoms with Crippen molar-refractivity contribution >= 4 is 27.2 Å². The molecule has 0 fully saturated rings. The Morgan fingerprint density at radius 2 is 1.47 bits per heavy atom. The molecule has 4 aromatic rings. The van der Waals surface area contributed by atoms with E-state index < -0.39 is 0 Å². The van der Waals surface area contributed by atoms with Crippen LogP contribution in [-0.4, -0.2) is 6.04 Å². The maximum Gasteiger partial charge on any atom is 0.0482 e. The zero-order valence-electron chi connectivity index (χ0n) is 17.4. The molecular formula is C29H25N. The van der Waals surface area contributed by atoms with Crippen molar-refractivity contribution < 1.29 is 0 Å². The van der Waals surface area contributed by atoms with Gasteiger partial charge in [-0.05, 0) is 86.6 Å². The molecule has 0 spiro atoms. The van der Waals surface area contributed by atoms with Crippen LogP contribution < -0.4 is 5.32 Å². The van der Waals surface area contributed by atoms with Crippen molar-refractivity contribution in [1.82, 2.24) is 0 Å². The molecule has 0 amide bonds. The normalized spacial score (nSPS) is 18.5. The second-order valence-corrected chi connectivity index (χ2v) is 9.13. The largest absolute Gasteiger partial charge is 0.379 e. The third-order valence-corrected chi connectivity index (χ3v) is 6.83. The summed E-state index contributed by atoms with van der Waals surface area (Å²) >= 11 is 0. The van der Waals surface area contributed by atoms with E-state index in [-0.39, 0.29) is 5.41 Å². The average molecular weight is 388 g/mol. The Hall–Kier alpha value is -3.32. The Morgan fingerprint density at radius 3 is 2.20 bits per heavy atom. The molecule has 6 rings (SSSR count). The second kappa shape index (κ2) is 6.34. The van der Waals surface area contributed by atoms with Crippen LogP contribution in [-0.2, 0) is 5.41 Å². The van der Waals surface area contributed by atoms with Gasteiger partial charge in [-0.1, -0.05) is 68.5 Å². The predicted octanol–water partition coefficient (Wildman–Crippen LogP) is 7.60. The van der Waals surface area contributed by atoms with Crippen molar-refractivity contribution in [2.45, 2.75) is 31.7 Å². The van der Waals surface area contributed by atoms with E-state index in [1.807, 2.05) is 0 Å². The molecule has 1 unspecified atom stereocenters. The molecule has 30 heavy (non-hydrogen) atoms. The number of benzene rings is 4. The van der Waals surface area contributed by atoms with Crippen LogP contribution in [0, 0.1) is 0 Å². The molecule has 2 aliphatic carbocycles. The van der Waals surface area contributed by atoms with Gasteiger partial charge in [0.1, 0.15) is 0 Å². The third-order valence-electron chi connectivity index (χ3n) is 6.83. The van der Waals surface area contributed by atoms with Crippen LogP contribution in [0.5, 0.6) is 0 Å². The summed E-state index contributed by atoms with van der Waals surface area (Å²) < 4.78 is 0. The Balaban J connectivity index is 1.48. The maximum absolute atomic E-state index is 3.69. The molecule has 0 bridgehead atoms. The number of fused-ring (bicyclic) bond motifs is 5. The summed E-state index contributed by atoms with van der Waals surface area (Å²) in [4.78, 5) is 0. The SMILES string of the molecule is CC1(C)c2cc(NC3C=CC=CC3)ccc2-c2cc3cc4ccccc4cc3cc21. The molecule has 0 heterocycles. The van der Waals surface area contributed by atoms with Crippen LogP contribution in [0.1, 0.15) is 31.4 Å². The van der Waals surface area contributed by atoms with Crippen molar-refractivity contribution in [1.29, 1.82) is 0 Å². The number of allylic oxidation sites excluding steroid dienone is 2. The first kappa shape index (κ1) is 17.5. The van der Waals surface area contributed by atoms with E-state index in [4.69, 9.17) is 0 Å². The van der Waals surface area contributed by atoms with Crippen LogP contribution in [0.2, 0.25) is 0 Å². The average Bonchev–Trinajstić information content (AvgIpc) is 2.98. The van der Waals surface area contributed by atoms with Gasteiger partial charge >= 0.3 is 0 Å². The monoisotopic (exact) mass is 387 g/mol. The van der Waals surface area contributed by atoms with Gasteiger partial charge in [0.15, 0.2) is 0 Å². The molecule has 0 aromatic heterocycles. The van der Waals surface area contributed by atoms with Gasteiger partial charge in [-0.15, -0.1) is 0 Å². The number of nitrogens with one attached hydrogen (secondary N) is 1. The summed E-state index contributed by atoms with van der Waals surface area (Å²) in [6, 6.07) is 25.4. The first-order valence-corrected chi connectivity index (χ1v) is 10.8. The van der Waals surface area contributed by atoms with Gasteiger partial charge in [0.2, 0.25) is 0 Å². The first-order chi connectivity index (χ1) is 14.6. The first-order valence-electron chi connectivity index (χ1n) is 10.8. The highest BCUT2D eigenvalue weighted by molar-refractivity contribution is 6.01. The van der Waals surface area contributed by atoms with Crippen LogP contribution in [0.4, 0.5) is 5.69 Å². The smallest absolute Gasteiger partial charge is 0.0482 e. The molecule has 0 saturated heterocycles. The minimum Gasteiger partial charge on any atom is -0.379 e. The summed E-state index contributed by atoms with van der Waals surface area (Å²) in [6.07, 6.45) is 9.75.